The highest BCUT2D eigenvalue weighted by Crippen LogP contribution is 2.51. The van der Waals surface area contributed by atoms with Gasteiger partial charge in [-0.05, 0) is 30.3 Å². The smallest absolute Gasteiger partial charge is 0.209 e. The SMILES string of the molecule is COc1cc([C@@H]2Oc3c(OC)cc4c(=O)c5ccccc5oc4c3O[C@H]2CO)cc(OC)c1O. The predicted octanol–water partition coefficient (Wildman–Crippen LogP) is 3.55. The minimum Gasteiger partial charge on any atom is -0.502 e. The molecule has 2 atom stereocenters. The number of hydrogen-bond acceptors (Lipinski definition) is 9. The molecule has 0 aliphatic carbocycles. The fraction of sp³-hybridized carbons (Fsp3) is 0.240. The molecule has 0 unspecified atom stereocenters. The predicted molar refractivity (Wildman–Crippen MR) is 123 cm³/mol. The van der Waals surface area contributed by atoms with Crippen LogP contribution in [0.25, 0.3) is 21.9 Å². The fourth-order valence-corrected chi connectivity index (χ4v) is 4.15. The first-order chi connectivity index (χ1) is 16.5. The van der Waals surface area contributed by atoms with Crippen LogP contribution in [0.1, 0.15) is 11.7 Å². The highest BCUT2D eigenvalue weighted by molar-refractivity contribution is 5.95. The number of aliphatic hydroxyl groups excluding tert-OH is 1. The van der Waals surface area contributed by atoms with Crippen molar-refractivity contribution in [1.82, 2.24) is 0 Å². The van der Waals surface area contributed by atoms with Crippen molar-refractivity contribution in [2.45, 2.75) is 12.2 Å². The van der Waals surface area contributed by atoms with E-state index in [-0.39, 0.29) is 50.9 Å². The van der Waals surface area contributed by atoms with Crippen molar-refractivity contribution in [3.8, 4) is 34.5 Å². The molecule has 9 heteroatoms. The lowest BCUT2D eigenvalue weighted by atomic mass is 10.0. The van der Waals surface area contributed by atoms with Crippen LogP contribution in [-0.2, 0) is 0 Å². The van der Waals surface area contributed by atoms with Crippen molar-refractivity contribution in [2.75, 3.05) is 27.9 Å². The topological polar surface area (TPSA) is 117 Å². The maximum atomic E-state index is 13.1. The number of ether oxygens (including phenoxy) is 5. The molecule has 1 aliphatic heterocycles. The summed E-state index contributed by atoms with van der Waals surface area (Å²) < 4.78 is 34.5. The quantitative estimate of drug-likeness (QED) is 0.426. The number of phenols is 1. The molecule has 9 nitrogen and oxygen atoms in total. The summed E-state index contributed by atoms with van der Waals surface area (Å²) in [5, 5.41) is 21.1. The second-order valence-corrected chi connectivity index (χ2v) is 7.69. The third-order valence-electron chi connectivity index (χ3n) is 5.83. The van der Waals surface area contributed by atoms with Crippen molar-refractivity contribution in [3.05, 3.63) is 58.3 Å². The van der Waals surface area contributed by atoms with Crippen molar-refractivity contribution >= 4 is 21.9 Å². The molecule has 0 spiro atoms. The molecule has 176 valence electrons. The van der Waals surface area contributed by atoms with E-state index in [1.807, 2.05) is 0 Å². The average molecular weight is 466 g/mol. The maximum absolute atomic E-state index is 13.1. The van der Waals surface area contributed by atoms with E-state index in [1.54, 1.807) is 42.5 Å². The zero-order valence-electron chi connectivity index (χ0n) is 18.7. The van der Waals surface area contributed by atoms with Gasteiger partial charge in [0.2, 0.25) is 22.7 Å². The molecule has 0 bridgehead atoms. The number of aliphatic hydroxyl groups is 1. The molecule has 0 fully saturated rings. The molecule has 0 saturated heterocycles. The lowest BCUT2D eigenvalue weighted by molar-refractivity contribution is -0.0135. The Morgan fingerprint density at radius 3 is 2.21 bits per heavy atom. The van der Waals surface area contributed by atoms with E-state index in [1.165, 1.54) is 21.3 Å². The van der Waals surface area contributed by atoms with Crippen LogP contribution in [0.2, 0.25) is 0 Å². The Kier molecular flexibility index (Phi) is 5.33. The molecule has 0 amide bonds. The van der Waals surface area contributed by atoms with Crippen LogP contribution in [0.4, 0.5) is 0 Å². The van der Waals surface area contributed by atoms with E-state index in [4.69, 9.17) is 28.1 Å². The molecular formula is C25H22O9. The Hall–Kier alpha value is -4.11. The van der Waals surface area contributed by atoms with Gasteiger partial charge in [0.1, 0.15) is 5.58 Å². The van der Waals surface area contributed by atoms with Gasteiger partial charge in [-0.15, -0.1) is 0 Å². The van der Waals surface area contributed by atoms with Crippen molar-refractivity contribution in [3.63, 3.8) is 0 Å². The summed E-state index contributed by atoms with van der Waals surface area (Å²) in [6, 6.07) is 11.6. The standard InChI is InChI=1S/C25H22O9/c1-29-16-8-12(9-17(30-2)21(16)28)22-19(11-26)33-25-23-14(10-18(31-3)24(25)34-22)20(27)13-6-4-5-7-15(13)32-23/h4-10,19,22,26,28H,11H2,1-3H3/t19-,22-/m0/s1. The Morgan fingerprint density at radius 2 is 1.56 bits per heavy atom. The number of hydrogen-bond donors (Lipinski definition) is 2. The highest BCUT2D eigenvalue weighted by Gasteiger charge is 2.38. The number of phenolic OH excluding ortho intramolecular Hbond substituents is 1. The summed E-state index contributed by atoms with van der Waals surface area (Å²) in [6.07, 6.45) is -1.70. The summed E-state index contributed by atoms with van der Waals surface area (Å²) >= 11 is 0. The monoisotopic (exact) mass is 466 g/mol. The van der Waals surface area contributed by atoms with Gasteiger partial charge < -0.3 is 38.3 Å². The van der Waals surface area contributed by atoms with Gasteiger partial charge in [0, 0.05) is 5.56 Å². The van der Waals surface area contributed by atoms with Crippen LogP contribution < -0.4 is 29.1 Å². The van der Waals surface area contributed by atoms with Crippen LogP contribution in [0.3, 0.4) is 0 Å². The lowest BCUT2D eigenvalue weighted by Gasteiger charge is -2.34. The number of methoxy groups -OCH3 is 3. The fourth-order valence-electron chi connectivity index (χ4n) is 4.15. The minimum absolute atomic E-state index is 0.158. The van der Waals surface area contributed by atoms with Crippen LogP contribution in [0.5, 0.6) is 34.5 Å². The second-order valence-electron chi connectivity index (χ2n) is 7.69. The Balaban J connectivity index is 1.72. The summed E-state index contributed by atoms with van der Waals surface area (Å²) in [6.45, 7) is -0.411. The molecule has 1 aromatic heterocycles. The number of para-hydroxylation sites is 1. The van der Waals surface area contributed by atoms with Crippen molar-refractivity contribution in [1.29, 1.82) is 0 Å². The van der Waals surface area contributed by atoms with Gasteiger partial charge in [-0.25, -0.2) is 0 Å². The van der Waals surface area contributed by atoms with E-state index in [0.717, 1.165) is 0 Å². The summed E-state index contributed by atoms with van der Waals surface area (Å²) in [5.41, 5.74) is 0.874. The van der Waals surface area contributed by atoms with Gasteiger partial charge in [-0.2, -0.15) is 0 Å². The van der Waals surface area contributed by atoms with Crippen molar-refractivity contribution in [2.24, 2.45) is 0 Å². The van der Waals surface area contributed by atoms with E-state index in [0.29, 0.717) is 16.5 Å². The van der Waals surface area contributed by atoms with Crippen molar-refractivity contribution < 1.29 is 38.3 Å². The molecule has 5 rings (SSSR count). The zero-order valence-corrected chi connectivity index (χ0v) is 18.7. The zero-order chi connectivity index (χ0) is 24.0. The first-order valence-electron chi connectivity index (χ1n) is 10.5. The molecule has 0 radical (unpaired) electrons. The first-order valence-corrected chi connectivity index (χ1v) is 10.5. The average Bonchev–Trinajstić information content (AvgIpc) is 2.88. The number of rotatable bonds is 5. The third-order valence-corrected chi connectivity index (χ3v) is 5.83. The Bertz CT molecular complexity index is 1430. The number of fused-ring (bicyclic) bond motifs is 4. The van der Waals surface area contributed by atoms with Gasteiger partial charge in [0.15, 0.2) is 35.0 Å². The normalized spacial score (nSPS) is 17.1. The first kappa shape index (κ1) is 21.7. The van der Waals surface area contributed by atoms with E-state index in [9.17, 15) is 15.0 Å². The summed E-state index contributed by atoms with van der Waals surface area (Å²) in [4.78, 5) is 13.1. The molecule has 2 N–H and O–H groups in total. The molecule has 4 aromatic rings. The molecule has 0 saturated carbocycles. The van der Waals surface area contributed by atoms with E-state index >= 15 is 0 Å². The molecule has 3 aromatic carbocycles. The van der Waals surface area contributed by atoms with Gasteiger partial charge in [-0.3, -0.25) is 4.79 Å². The van der Waals surface area contributed by atoms with E-state index < -0.39 is 18.8 Å². The van der Waals surface area contributed by atoms with Gasteiger partial charge >= 0.3 is 0 Å². The number of aromatic hydroxyl groups is 1. The van der Waals surface area contributed by atoms with Crippen LogP contribution >= 0.6 is 0 Å². The minimum atomic E-state index is -0.876. The van der Waals surface area contributed by atoms with Gasteiger partial charge in [-0.1, -0.05) is 12.1 Å². The van der Waals surface area contributed by atoms with E-state index in [2.05, 4.69) is 0 Å². The molecule has 1 aliphatic rings. The largest absolute Gasteiger partial charge is 0.502 e. The van der Waals surface area contributed by atoms with Gasteiger partial charge in [0.25, 0.3) is 0 Å². The summed E-state index contributed by atoms with van der Waals surface area (Å²) in [5.74, 6) is 0.818. The van der Waals surface area contributed by atoms with Gasteiger partial charge in [0.05, 0.1) is 38.7 Å². The molecule has 34 heavy (non-hydrogen) atoms. The molecular weight excluding hydrogens is 444 g/mol. The third kappa shape index (κ3) is 3.24. The molecule has 2 heterocycles. The second kappa shape index (κ2) is 8.35. The lowest BCUT2D eigenvalue weighted by Crippen LogP contribution is -2.36. The van der Waals surface area contributed by atoms with Crippen LogP contribution in [0, 0.1) is 0 Å². The maximum Gasteiger partial charge on any atom is 0.209 e. The summed E-state index contributed by atoms with van der Waals surface area (Å²) in [7, 11) is 4.28. The Labute approximate surface area is 193 Å². The van der Waals surface area contributed by atoms with Crippen LogP contribution in [0.15, 0.2) is 51.7 Å². The Morgan fingerprint density at radius 1 is 0.882 bits per heavy atom. The highest BCUT2D eigenvalue weighted by atomic mass is 16.6. The number of benzene rings is 3. The van der Waals surface area contributed by atoms with Crippen LogP contribution in [-0.4, -0.2) is 44.3 Å².